The van der Waals surface area contributed by atoms with E-state index in [0.717, 1.165) is 11.3 Å². The van der Waals surface area contributed by atoms with Gasteiger partial charge in [0.1, 0.15) is 6.04 Å². The first-order valence-corrected chi connectivity index (χ1v) is 10.9. The zero-order valence-electron chi connectivity index (χ0n) is 18.1. The van der Waals surface area contributed by atoms with Gasteiger partial charge in [-0.2, -0.15) is 0 Å². The number of aliphatic hydroxyl groups excluding tert-OH is 1. The molecule has 3 amide bonds. The molecule has 0 aliphatic carbocycles. The number of likely N-dealkylation sites (tertiary alicyclic amines) is 1. The second kappa shape index (κ2) is 9.12. The number of rotatable bonds is 5. The largest absolute Gasteiger partial charge is 0.391 e. The molecule has 2 aliphatic heterocycles. The van der Waals surface area contributed by atoms with E-state index in [1.165, 1.54) is 13.3 Å². The topological polar surface area (TPSA) is 127 Å². The van der Waals surface area contributed by atoms with Crippen LogP contribution < -0.4 is 10.6 Å². The van der Waals surface area contributed by atoms with Crippen molar-refractivity contribution >= 4 is 17.7 Å². The average molecular weight is 440 g/mol. The molecular formula is C23H29N5O4. The summed E-state index contributed by atoms with van der Waals surface area (Å²) in [6.45, 7) is 2.10. The number of H-pyrrole nitrogens is 1. The van der Waals surface area contributed by atoms with Gasteiger partial charge in [-0.05, 0) is 24.8 Å². The van der Waals surface area contributed by atoms with Gasteiger partial charge in [0.25, 0.3) is 0 Å². The summed E-state index contributed by atoms with van der Waals surface area (Å²) in [5, 5.41) is 16.6. The van der Waals surface area contributed by atoms with E-state index in [4.69, 9.17) is 0 Å². The molecule has 2 aliphatic rings. The van der Waals surface area contributed by atoms with Gasteiger partial charge in [0.15, 0.2) is 0 Å². The summed E-state index contributed by atoms with van der Waals surface area (Å²) in [6.07, 6.45) is 4.22. The van der Waals surface area contributed by atoms with Crippen molar-refractivity contribution in [2.45, 2.75) is 50.8 Å². The third-order valence-electron chi connectivity index (χ3n) is 6.45. The van der Waals surface area contributed by atoms with Gasteiger partial charge in [0.05, 0.1) is 23.9 Å². The molecule has 1 aromatic heterocycles. The third-order valence-corrected chi connectivity index (χ3v) is 6.45. The minimum atomic E-state index is -0.840. The fourth-order valence-corrected chi connectivity index (χ4v) is 4.92. The molecule has 9 heteroatoms. The van der Waals surface area contributed by atoms with Crippen molar-refractivity contribution in [1.29, 1.82) is 0 Å². The van der Waals surface area contributed by atoms with Gasteiger partial charge in [-0.25, -0.2) is 4.98 Å². The smallest absolute Gasteiger partial charge is 0.245 e. The first kappa shape index (κ1) is 22.0. The Morgan fingerprint density at radius 2 is 2.12 bits per heavy atom. The monoisotopic (exact) mass is 439 g/mol. The molecule has 4 N–H and O–H groups in total. The highest BCUT2D eigenvalue weighted by molar-refractivity contribution is 5.89. The zero-order chi connectivity index (χ0) is 22.7. The quantitative estimate of drug-likeness (QED) is 0.545. The number of piperidine rings is 2. The normalized spacial score (nSPS) is 26.4. The Balaban J connectivity index is 1.49. The number of carbonyl (C=O) groups is 3. The minimum absolute atomic E-state index is 0.140. The lowest BCUT2D eigenvalue weighted by Gasteiger charge is -2.48. The van der Waals surface area contributed by atoms with Crippen LogP contribution in [0, 0.1) is 5.41 Å². The van der Waals surface area contributed by atoms with Crippen LogP contribution in [0.4, 0.5) is 0 Å². The lowest BCUT2D eigenvalue weighted by atomic mass is 9.70. The molecule has 170 valence electrons. The van der Waals surface area contributed by atoms with Crippen molar-refractivity contribution in [2.24, 2.45) is 5.41 Å². The number of aromatic nitrogens is 2. The summed E-state index contributed by atoms with van der Waals surface area (Å²) >= 11 is 0. The standard InChI is InChI=1S/C23H29N5O4/c1-15(29)26-18(10-17-12-24-14-25-17)21(31)28-9-5-8-23(13-28)11-19(30)20(27-22(23)32)16-6-3-2-4-7-16/h2-4,6-7,12,14,18-20,30H,5,8-11,13H2,1H3,(H,24,25)(H,26,29)(H,27,32)/t18-,19+,20-,23-/m0/s1. The van der Waals surface area contributed by atoms with Crippen LogP contribution in [0.2, 0.25) is 0 Å². The van der Waals surface area contributed by atoms with Gasteiger partial charge >= 0.3 is 0 Å². The number of benzene rings is 1. The number of carbonyl (C=O) groups excluding carboxylic acids is 3. The van der Waals surface area contributed by atoms with Crippen LogP contribution in [-0.2, 0) is 20.8 Å². The van der Waals surface area contributed by atoms with Crippen molar-refractivity contribution < 1.29 is 19.5 Å². The molecule has 32 heavy (non-hydrogen) atoms. The highest BCUT2D eigenvalue weighted by Crippen LogP contribution is 2.41. The van der Waals surface area contributed by atoms with Crippen LogP contribution in [0.3, 0.4) is 0 Å². The first-order valence-electron chi connectivity index (χ1n) is 10.9. The van der Waals surface area contributed by atoms with Gasteiger partial charge in [0.2, 0.25) is 17.7 Å². The van der Waals surface area contributed by atoms with E-state index in [2.05, 4.69) is 20.6 Å². The number of aliphatic hydroxyl groups is 1. The van der Waals surface area contributed by atoms with Gasteiger partial charge in [-0.3, -0.25) is 14.4 Å². The van der Waals surface area contributed by atoms with Gasteiger partial charge in [-0.1, -0.05) is 30.3 Å². The number of imidazole rings is 1. The fraction of sp³-hybridized carbons (Fsp3) is 0.478. The predicted molar refractivity (Wildman–Crippen MR) is 116 cm³/mol. The Morgan fingerprint density at radius 1 is 1.34 bits per heavy atom. The Labute approximate surface area is 186 Å². The Morgan fingerprint density at radius 3 is 2.81 bits per heavy atom. The van der Waals surface area contributed by atoms with Crippen LogP contribution in [0.25, 0.3) is 0 Å². The van der Waals surface area contributed by atoms with E-state index in [0.29, 0.717) is 19.4 Å². The summed E-state index contributed by atoms with van der Waals surface area (Å²) in [7, 11) is 0. The fourth-order valence-electron chi connectivity index (χ4n) is 4.92. The molecule has 0 bridgehead atoms. The molecule has 0 unspecified atom stereocenters. The van der Waals surface area contributed by atoms with Crippen LogP contribution in [0.1, 0.15) is 43.5 Å². The summed E-state index contributed by atoms with van der Waals surface area (Å²) in [5.41, 5.74) is 0.755. The highest BCUT2D eigenvalue weighted by Gasteiger charge is 2.50. The van der Waals surface area contributed by atoms with Crippen LogP contribution in [0.5, 0.6) is 0 Å². The van der Waals surface area contributed by atoms with Crippen molar-refractivity contribution in [3.8, 4) is 0 Å². The van der Waals surface area contributed by atoms with Crippen molar-refractivity contribution in [2.75, 3.05) is 13.1 Å². The van der Waals surface area contributed by atoms with Gasteiger partial charge < -0.3 is 25.6 Å². The maximum Gasteiger partial charge on any atom is 0.245 e. The van der Waals surface area contributed by atoms with Crippen LogP contribution >= 0.6 is 0 Å². The highest BCUT2D eigenvalue weighted by atomic mass is 16.3. The third kappa shape index (κ3) is 4.52. The van der Waals surface area contributed by atoms with Crippen molar-refractivity contribution in [3.05, 3.63) is 54.1 Å². The van der Waals surface area contributed by atoms with Crippen LogP contribution in [-0.4, -0.2) is 62.9 Å². The zero-order valence-corrected chi connectivity index (χ0v) is 18.1. The average Bonchev–Trinajstić information content (AvgIpc) is 3.29. The van der Waals surface area contributed by atoms with E-state index < -0.39 is 23.6 Å². The number of amides is 3. The van der Waals surface area contributed by atoms with Crippen molar-refractivity contribution in [3.63, 3.8) is 0 Å². The Bertz CT molecular complexity index is 964. The SMILES string of the molecule is CC(=O)N[C@@H](Cc1cnc[nH]1)C(=O)N1CCC[C@]2(C[C@@H](O)[C@H](c3ccccc3)NC2=O)C1. The van der Waals surface area contributed by atoms with Gasteiger partial charge in [0, 0.05) is 38.3 Å². The Kier molecular flexibility index (Phi) is 6.27. The maximum absolute atomic E-state index is 13.3. The van der Waals surface area contributed by atoms with E-state index in [-0.39, 0.29) is 37.1 Å². The minimum Gasteiger partial charge on any atom is -0.391 e. The molecule has 0 radical (unpaired) electrons. The lowest BCUT2D eigenvalue weighted by Crippen LogP contribution is -2.61. The molecule has 3 heterocycles. The second-order valence-corrected chi connectivity index (χ2v) is 8.81. The van der Waals surface area contributed by atoms with E-state index in [9.17, 15) is 19.5 Å². The Hall–Kier alpha value is -3.20. The molecule has 2 fully saturated rings. The number of nitrogens with zero attached hydrogens (tertiary/aromatic N) is 2. The maximum atomic E-state index is 13.3. The van der Waals surface area contributed by atoms with Crippen molar-refractivity contribution in [1.82, 2.24) is 25.5 Å². The predicted octanol–water partition coefficient (Wildman–Crippen LogP) is 0.688. The molecule has 0 saturated carbocycles. The van der Waals surface area contributed by atoms with Crippen LogP contribution in [0.15, 0.2) is 42.9 Å². The molecule has 4 atom stereocenters. The lowest BCUT2D eigenvalue weighted by molar-refractivity contribution is -0.151. The number of hydrogen-bond donors (Lipinski definition) is 4. The van der Waals surface area contributed by atoms with E-state index >= 15 is 0 Å². The summed E-state index contributed by atoms with van der Waals surface area (Å²) in [4.78, 5) is 46.9. The summed E-state index contributed by atoms with van der Waals surface area (Å²) in [5.74, 6) is -0.675. The number of hydrogen-bond acceptors (Lipinski definition) is 5. The first-order chi connectivity index (χ1) is 15.4. The summed E-state index contributed by atoms with van der Waals surface area (Å²) in [6, 6.07) is 8.20. The molecule has 9 nitrogen and oxygen atoms in total. The number of nitrogens with one attached hydrogen (secondary N) is 3. The molecule has 2 aromatic rings. The van der Waals surface area contributed by atoms with E-state index in [1.807, 2.05) is 30.3 Å². The number of aromatic amines is 1. The molecule has 1 spiro atoms. The second-order valence-electron chi connectivity index (χ2n) is 8.81. The summed E-state index contributed by atoms with van der Waals surface area (Å²) < 4.78 is 0. The molecular weight excluding hydrogens is 410 g/mol. The van der Waals surface area contributed by atoms with E-state index in [1.54, 1.807) is 11.1 Å². The van der Waals surface area contributed by atoms with Gasteiger partial charge in [-0.15, -0.1) is 0 Å². The molecule has 1 aromatic carbocycles. The molecule has 2 saturated heterocycles. The molecule has 4 rings (SSSR count).